The number of ether oxygens (including phenoxy) is 2. The van der Waals surface area contributed by atoms with Crippen molar-refractivity contribution in [1.29, 1.82) is 0 Å². The molecule has 8 atom stereocenters. The molecule has 1 aromatic heterocycles. The number of rotatable bonds is 4. The van der Waals surface area contributed by atoms with Crippen LogP contribution in [0.5, 0.6) is 0 Å². The minimum Gasteiger partial charge on any atom is -0.393 e. The van der Waals surface area contributed by atoms with E-state index in [-0.39, 0.29) is 46.6 Å². The molecule has 5 unspecified atom stereocenters. The van der Waals surface area contributed by atoms with Crippen molar-refractivity contribution in [2.24, 2.45) is 28.6 Å². The topological polar surface area (TPSA) is 85.7 Å². The van der Waals surface area contributed by atoms with Crippen LogP contribution in [0.15, 0.2) is 53.2 Å². The van der Waals surface area contributed by atoms with E-state index in [1.54, 1.807) is 18.3 Å². The van der Waals surface area contributed by atoms with Crippen LogP contribution in [-0.2, 0) is 19.1 Å². The van der Waals surface area contributed by atoms with Crippen molar-refractivity contribution in [3.8, 4) is 0 Å². The third-order valence-electron chi connectivity index (χ3n) is 9.89. The number of aromatic nitrogens is 1. The van der Waals surface area contributed by atoms with Gasteiger partial charge in [-0.05, 0) is 75.7 Å². The Kier molecular flexibility index (Phi) is 5.52. The second kappa shape index (κ2) is 8.10. The lowest BCUT2D eigenvalue weighted by Crippen LogP contribution is -2.63. The lowest BCUT2D eigenvalue weighted by molar-refractivity contribution is -0.223. The van der Waals surface area contributed by atoms with Crippen LogP contribution < -0.4 is 0 Å². The number of ketones is 2. The molecule has 7 heteroatoms. The number of Topliss-reactive ketones (excluding diaryl/α,β-unsaturated/α-hetero) is 1. The lowest BCUT2D eigenvalue weighted by atomic mass is 9.46. The highest BCUT2D eigenvalue weighted by molar-refractivity contribution is 7.99. The predicted octanol–water partition coefficient (Wildman–Crippen LogP) is 4.52. The van der Waals surface area contributed by atoms with E-state index < -0.39 is 22.9 Å². The summed E-state index contributed by atoms with van der Waals surface area (Å²) < 4.78 is 13.1. The molecule has 1 aliphatic heterocycles. The molecule has 3 saturated carbocycles. The van der Waals surface area contributed by atoms with Crippen molar-refractivity contribution >= 4 is 23.3 Å². The Labute approximate surface area is 216 Å². The Bertz CT molecular complexity index is 1160. The maximum Gasteiger partial charge on any atom is 0.178 e. The van der Waals surface area contributed by atoms with Crippen molar-refractivity contribution in [3.63, 3.8) is 0 Å². The molecule has 0 radical (unpaired) electrons. The zero-order valence-electron chi connectivity index (χ0n) is 21.4. The normalized spacial score (nSPS) is 44.3. The van der Waals surface area contributed by atoms with Crippen LogP contribution in [-0.4, -0.2) is 51.0 Å². The summed E-state index contributed by atoms with van der Waals surface area (Å²) in [6.45, 7) is 8.09. The van der Waals surface area contributed by atoms with Gasteiger partial charge in [0, 0.05) is 22.9 Å². The minimum atomic E-state index is -1.11. The van der Waals surface area contributed by atoms with E-state index in [1.807, 2.05) is 38.1 Å². The van der Waals surface area contributed by atoms with Crippen molar-refractivity contribution in [2.75, 3.05) is 5.75 Å². The molecule has 6 nitrogen and oxygen atoms in total. The lowest BCUT2D eigenvalue weighted by Gasteiger charge is -2.60. The first-order valence-electron chi connectivity index (χ1n) is 13.1. The molecule has 6 rings (SSSR count). The Morgan fingerprint density at radius 3 is 2.81 bits per heavy atom. The Hall–Kier alpha value is -1.80. The molecule has 1 aromatic rings. The summed E-state index contributed by atoms with van der Waals surface area (Å²) in [5, 5.41) is 12.6. The van der Waals surface area contributed by atoms with Crippen LogP contribution in [0, 0.1) is 28.6 Å². The zero-order chi connectivity index (χ0) is 25.5. The second-order valence-electron chi connectivity index (χ2n) is 12.2. The first kappa shape index (κ1) is 24.5. The van der Waals surface area contributed by atoms with E-state index in [0.717, 1.165) is 29.9 Å². The van der Waals surface area contributed by atoms with E-state index >= 15 is 0 Å². The molecule has 192 valence electrons. The summed E-state index contributed by atoms with van der Waals surface area (Å²) in [7, 11) is 0. The summed E-state index contributed by atoms with van der Waals surface area (Å²) in [4.78, 5) is 30.6. The molecule has 36 heavy (non-hydrogen) atoms. The van der Waals surface area contributed by atoms with Crippen molar-refractivity contribution in [1.82, 2.24) is 4.98 Å². The largest absolute Gasteiger partial charge is 0.393 e. The monoisotopic (exact) mass is 509 g/mol. The van der Waals surface area contributed by atoms with Crippen LogP contribution >= 0.6 is 11.8 Å². The van der Waals surface area contributed by atoms with Gasteiger partial charge in [0.25, 0.3) is 0 Å². The quantitative estimate of drug-likeness (QED) is 0.597. The minimum absolute atomic E-state index is 0.00167. The summed E-state index contributed by atoms with van der Waals surface area (Å²) in [6.07, 6.45) is 9.17. The highest BCUT2D eigenvalue weighted by Gasteiger charge is 2.76. The van der Waals surface area contributed by atoms with Gasteiger partial charge < -0.3 is 14.6 Å². The van der Waals surface area contributed by atoms with E-state index in [1.165, 1.54) is 11.8 Å². The Morgan fingerprint density at radius 2 is 2.06 bits per heavy atom. The standard InChI is InChI=1S/C29H35NO5S/c1-26(2)34-23-14-20-19-9-8-17-13-18(31)10-11-27(17,3)25(19)21(32)15-28(20,4)29(23,35-26)22(33)16-36-24-7-5-6-12-30-24/h5-7,10-13,19-21,23,25,32H,8-9,14-16H2,1-4H3/t19?,20?,21-,23+,25?,27?,28?,29+/m0/s1. The van der Waals surface area contributed by atoms with Gasteiger partial charge in [-0.25, -0.2) is 4.98 Å². The average molecular weight is 510 g/mol. The SMILES string of the molecule is CC1(C)O[C@@H]2CC3C4CCC5=CC(=O)C=CC5(C)C4[C@@H](O)CC3(C)[C@]2(C(=O)CSc2ccccn2)O1. The van der Waals surface area contributed by atoms with E-state index in [0.29, 0.717) is 6.42 Å². The molecule has 1 N–H and O–H groups in total. The number of aliphatic hydroxyl groups excluding tert-OH is 1. The number of hydrogen-bond donors (Lipinski definition) is 1. The Balaban J connectivity index is 1.36. The van der Waals surface area contributed by atoms with Gasteiger partial charge in [0.2, 0.25) is 0 Å². The van der Waals surface area contributed by atoms with Crippen LogP contribution in [0.2, 0.25) is 0 Å². The fourth-order valence-corrected chi connectivity index (χ4v) is 9.40. The number of aliphatic hydroxyl groups is 1. The third kappa shape index (κ3) is 3.32. The second-order valence-corrected chi connectivity index (χ2v) is 13.2. The van der Waals surface area contributed by atoms with Crippen LogP contribution in [0.3, 0.4) is 0 Å². The number of carbonyl (C=O) groups is 2. The number of allylic oxidation sites excluding steroid dienone is 4. The zero-order valence-corrected chi connectivity index (χ0v) is 22.2. The Morgan fingerprint density at radius 1 is 1.25 bits per heavy atom. The molecular formula is C29H35NO5S. The van der Waals surface area contributed by atoms with Crippen LogP contribution in [0.4, 0.5) is 0 Å². The number of pyridine rings is 1. The van der Waals surface area contributed by atoms with Gasteiger partial charge in [-0.15, -0.1) is 0 Å². The predicted molar refractivity (Wildman–Crippen MR) is 136 cm³/mol. The van der Waals surface area contributed by atoms with E-state index in [9.17, 15) is 14.7 Å². The number of nitrogens with zero attached hydrogens (tertiary/aromatic N) is 1. The van der Waals surface area contributed by atoms with E-state index in [4.69, 9.17) is 9.47 Å². The van der Waals surface area contributed by atoms with Gasteiger partial charge in [0.1, 0.15) is 0 Å². The van der Waals surface area contributed by atoms with Gasteiger partial charge >= 0.3 is 0 Å². The summed E-state index contributed by atoms with van der Waals surface area (Å²) >= 11 is 1.43. The molecule has 0 spiro atoms. The molecule has 5 aliphatic rings. The highest BCUT2D eigenvalue weighted by Crippen LogP contribution is 2.70. The van der Waals surface area contributed by atoms with Gasteiger partial charge in [-0.2, -0.15) is 0 Å². The fraction of sp³-hybridized carbons (Fsp3) is 0.621. The van der Waals surface area contributed by atoms with Crippen molar-refractivity contribution in [2.45, 2.75) is 82.0 Å². The van der Waals surface area contributed by atoms with Crippen molar-refractivity contribution < 1.29 is 24.2 Å². The highest BCUT2D eigenvalue weighted by atomic mass is 32.2. The molecule has 2 heterocycles. The van der Waals surface area contributed by atoms with Crippen LogP contribution in [0.25, 0.3) is 0 Å². The smallest absolute Gasteiger partial charge is 0.178 e. The molecule has 0 amide bonds. The summed E-state index contributed by atoms with van der Waals surface area (Å²) in [5.41, 5.74) is -0.880. The van der Waals surface area contributed by atoms with Gasteiger partial charge in [-0.1, -0.05) is 43.3 Å². The van der Waals surface area contributed by atoms with E-state index in [2.05, 4.69) is 18.8 Å². The molecule has 4 aliphatic carbocycles. The van der Waals surface area contributed by atoms with Crippen molar-refractivity contribution in [3.05, 3.63) is 48.2 Å². The average Bonchev–Trinajstić information content (AvgIpc) is 3.24. The summed E-state index contributed by atoms with van der Waals surface area (Å²) in [6, 6.07) is 5.69. The first-order chi connectivity index (χ1) is 17.0. The molecule has 4 fully saturated rings. The van der Waals surface area contributed by atoms with Gasteiger partial charge in [0.15, 0.2) is 23.0 Å². The number of hydrogen-bond acceptors (Lipinski definition) is 7. The van der Waals surface area contributed by atoms with Gasteiger partial charge in [0.05, 0.1) is 23.0 Å². The van der Waals surface area contributed by atoms with Crippen LogP contribution in [0.1, 0.15) is 53.4 Å². The molecule has 1 saturated heterocycles. The van der Waals surface area contributed by atoms with Gasteiger partial charge in [-0.3, -0.25) is 9.59 Å². The first-order valence-corrected chi connectivity index (χ1v) is 14.1. The maximum atomic E-state index is 14.2. The third-order valence-corrected chi connectivity index (χ3v) is 10.8. The molecule has 0 aromatic carbocycles. The number of carbonyl (C=O) groups excluding carboxylic acids is 2. The number of thioether (sulfide) groups is 1. The molecular weight excluding hydrogens is 474 g/mol. The maximum absolute atomic E-state index is 14.2. The molecule has 0 bridgehead atoms. The fourth-order valence-electron chi connectivity index (χ4n) is 8.60. The number of fused-ring (bicyclic) bond motifs is 7. The summed E-state index contributed by atoms with van der Waals surface area (Å²) in [5.74, 6) is -0.169.